The van der Waals surface area contributed by atoms with Crippen LogP contribution in [-0.2, 0) is 0 Å². The molecule has 3 atom stereocenters. The monoisotopic (exact) mass is 290 g/mol. The smallest absolute Gasteiger partial charge is 0.248 e. The molecule has 21 heavy (non-hydrogen) atoms. The number of hydrogen-bond donors (Lipinski definition) is 1. The molecule has 0 amide bonds. The van der Waals surface area contributed by atoms with Gasteiger partial charge in [-0.15, -0.1) is 0 Å². The van der Waals surface area contributed by atoms with E-state index in [0.717, 1.165) is 16.8 Å². The first-order valence-corrected chi connectivity index (χ1v) is 7.24. The fourth-order valence-electron chi connectivity index (χ4n) is 3.79. The minimum atomic E-state index is -2.69. The van der Waals surface area contributed by atoms with E-state index in [0.29, 0.717) is 0 Å². The van der Waals surface area contributed by atoms with Crippen LogP contribution in [0.3, 0.4) is 0 Å². The van der Waals surface area contributed by atoms with Crippen molar-refractivity contribution in [1.82, 2.24) is 9.55 Å². The fraction of sp³-hybridized carbons (Fsp3) is 0.438. The molecule has 110 valence electrons. The van der Waals surface area contributed by atoms with Gasteiger partial charge in [0.1, 0.15) is 0 Å². The van der Waals surface area contributed by atoms with Gasteiger partial charge in [-0.25, -0.2) is 13.8 Å². The lowest BCUT2D eigenvalue weighted by molar-refractivity contribution is -0.0990. The molecule has 1 aliphatic heterocycles. The number of alkyl halides is 2. The summed E-state index contributed by atoms with van der Waals surface area (Å²) in [4.78, 5) is 4.14. The maximum atomic E-state index is 13.8. The van der Waals surface area contributed by atoms with Gasteiger partial charge in [0.05, 0.1) is 30.4 Å². The van der Waals surface area contributed by atoms with Crippen molar-refractivity contribution in [2.24, 2.45) is 5.92 Å². The van der Waals surface area contributed by atoms with E-state index in [1.807, 2.05) is 28.8 Å². The molecule has 1 N–H and O–H groups in total. The van der Waals surface area contributed by atoms with E-state index in [9.17, 15) is 13.9 Å². The summed E-state index contributed by atoms with van der Waals surface area (Å²) in [5.74, 6) is -3.17. The number of aromatic nitrogens is 2. The summed E-state index contributed by atoms with van der Waals surface area (Å²) >= 11 is 0. The molecule has 1 aromatic heterocycles. The Labute approximate surface area is 121 Å². The zero-order valence-electron chi connectivity index (χ0n) is 11.4. The molecule has 2 heterocycles. The second kappa shape index (κ2) is 4.37. The van der Waals surface area contributed by atoms with Crippen molar-refractivity contribution in [2.45, 2.75) is 37.3 Å². The van der Waals surface area contributed by atoms with Crippen LogP contribution in [0.4, 0.5) is 8.78 Å². The number of aliphatic hydroxyl groups excluding tert-OH is 1. The molecule has 3 unspecified atom stereocenters. The first-order chi connectivity index (χ1) is 10.1. The van der Waals surface area contributed by atoms with Crippen LogP contribution in [0.5, 0.6) is 0 Å². The zero-order valence-corrected chi connectivity index (χ0v) is 11.4. The number of rotatable bonds is 1. The van der Waals surface area contributed by atoms with Crippen molar-refractivity contribution in [1.29, 1.82) is 0 Å². The third kappa shape index (κ3) is 1.91. The third-order valence-electron chi connectivity index (χ3n) is 4.76. The zero-order chi connectivity index (χ0) is 14.6. The van der Waals surface area contributed by atoms with Gasteiger partial charge in [-0.05, 0) is 12.0 Å². The van der Waals surface area contributed by atoms with Crippen LogP contribution in [0.25, 0.3) is 11.3 Å². The summed E-state index contributed by atoms with van der Waals surface area (Å²) < 4.78 is 29.6. The molecule has 1 fully saturated rings. The average molecular weight is 290 g/mol. The molecule has 1 aromatic carbocycles. The summed E-state index contributed by atoms with van der Waals surface area (Å²) in [7, 11) is 0. The molecule has 5 heteroatoms. The SMILES string of the molecule is OC1CCC(F)(F)CC1C1c2ccccc2-c2cncn21. The van der Waals surface area contributed by atoms with Gasteiger partial charge in [-0.1, -0.05) is 24.3 Å². The number of aliphatic hydroxyl groups is 1. The van der Waals surface area contributed by atoms with Gasteiger partial charge in [0.25, 0.3) is 0 Å². The molecule has 4 rings (SSSR count). The van der Waals surface area contributed by atoms with E-state index >= 15 is 0 Å². The van der Waals surface area contributed by atoms with Gasteiger partial charge in [0.2, 0.25) is 5.92 Å². The molecule has 1 saturated carbocycles. The van der Waals surface area contributed by atoms with Crippen molar-refractivity contribution in [3.05, 3.63) is 42.4 Å². The fourth-order valence-corrected chi connectivity index (χ4v) is 3.79. The van der Waals surface area contributed by atoms with Gasteiger partial charge in [0, 0.05) is 24.3 Å². The van der Waals surface area contributed by atoms with Crippen molar-refractivity contribution >= 4 is 0 Å². The highest BCUT2D eigenvalue weighted by Crippen LogP contribution is 2.49. The Balaban J connectivity index is 1.82. The molecule has 2 aromatic rings. The van der Waals surface area contributed by atoms with Gasteiger partial charge < -0.3 is 9.67 Å². The molecular formula is C16H16F2N2O. The standard InChI is InChI=1S/C16H16F2N2O/c17-16(18)6-5-14(21)12(7-16)15-11-4-2-1-3-10(11)13-8-19-9-20(13)15/h1-4,8-9,12,14-15,21H,5-7H2. The summed E-state index contributed by atoms with van der Waals surface area (Å²) in [6.07, 6.45) is 2.39. The summed E-state index contributed by atoms with van der Waals surface area (Å²) in [5.41, 5.74) is 2.98. The Morgan fingerprint density at radius 3 is 2.95 bits per heavy atom. The third-order valence-corrected chi connectivity index (χ3v) is 4.76. The normalized spacial score (nSPS) is 30.0. The number of imidazole rings is 1. The quantitative estimate of drug-likeness (QED) is 0.875. The van der Waals surface area contributed by atoms with Crippen LogP contribution in [-0.4, -0.2) is 26.7 Å². The van der Waals surface area contributed by atoms with Gasteiger partial charge in [-0.3, -0.25) is 0 Å². The summed E-state index contributed by atoms with van der Waals surface area (Å²) in [6.45, 7) is 0. The Morgan fingerprint density at radius 2 is 2.10 bits per heavy atom. The lowest BCUT2D eigenvalue weighted by atomic mass is 9.77. The van der Waals surface area contributed by atoms with Crippen molar-refractivity contribution < 1.29 is 13.9 Å². The summed E-state index contributed by atoms with van der Waals surface area (Å²) in [6, 6.07) is 7.55. The molecule has 2 aliphatic rings. The van der Waals surface area contributed by atoms with Crippen LogP contribution >= 0.6 is 0 Å². The maximum absolute atomic E-state index is 13.8. The van der Waals surface area contributed by atoms with Crippen LogP contribution < -0.4 is 0 Å². The number of nitrogens with zero attached hydrogens (tertiary/aromatic N) is 2. The minimum Gasteiger partial charge on any atom is -0.393 e. The highest BCUT2D eigenvalue weighted by Gasteiger charge is 2.47. The van der Waals surface area contributed by atoms with Crippen LogP contribution in [0.15, 0.2) is 36.8 Å². The van der Waals surface area contributed by atoms with E-state index in [1.165, 1.54) is 0 Å². The number of hydrogen-bond acceptors (Lipinski definition) is 2. The van der Waals surface area contributed by atoms with Crippen molar-refractivity contribution in [3.8, 4) is 11.3 Å². The summed E-state index contributed by atoms with van der Waals surface area (Å²) in [5, 5.41) is 10.3. The molecule has 0 saturated heterocycles. The highest BCUT2D eigenvalue weighted by molar-refractivity contribution is 5.69. The van der Waals surface area contributed by atoms with E-state index < -0.39 is 17.9 Å². The Kier molecular flexibility index (Phi) is 2.70. The lowest BCUT2D eigenvalue weighted by Crippen LogP contribution is -2.40. The van der Waals surface area contributed by atoms with Gasteiger partial charge in [-0.2, -0.15) is 0 Å². The van der Waals surface area contributed by atoms with Crippen molar-refractivity contribution in [3.63, 3.8) is 0 Å². The van der Waals surface area contributed by atoms with Crippen LogP contribution in [0, 0.1) is 5.92 Å². The Bertz CT molecular complexity index is 682. The second-order valence-corrected chi connectivity index (χ2v) is 6.05. The number of halogens is 2. The first-order valence-electron chi connectivity index (χ1n) is 7.24. The largest absolute Gasteiger partial charge is 0.393 e. The topological polar surface area (TPSA) is 38.1 Å². The molecule has 3 nitrogen and oxygen atoms in total. The maximum Gasteiger partial charge on any atom is 0.248 e. The van der Waals surface area contributed by atoms with E-state index in [1.54, 1.807) is 12.5 Å². The predicted molar refractivity (Wildman–Crippen MR) is 74.1 cm³/mol. The average Bonchev–Trinajstić information content (AvgIpc) is 3.02. The van der Waals surface area contributed by atoms with E-state index in [4.69, 9.17) is 0 Å². The lowest BCUT2D eigenvalue weighted by Gasteiger charge is -2.37. The minimum absolute atomic E-state index is 0.153. The van der Waals surface area contributed by atoms with E-state index in [-0.39, 0.29) is 25.3 Å². The Hall–Kier alpha value is -1.75. The van der Waals surface area contributed by atoms with Gasteiger partial charge in [0.15, 0.2) is 0 Å². The van der Waals surface area contributed by atoms with E-state index in [2.05, 4.69) is 4.98 Å². The second-order valence-electron chi connectivity index (χ2n) is 6.05. The first kappa shape index (κ1) is 13.0. The molecule has 0 radical (unpaired) electrons. The number of fused-ring (bicyclic) bond motifs is 3. The Morgan fingerprint density at radius 1 is 1.29 bits per heavy atom. The molecular weight excluding hydrogens is 274 g/mol. The highest BCUT2D eigenvalue weighted by atomic mass is 19.3. The van der Waals surface area contributed by atoms with Crippen LogP contribution in [0.2, 0.25) is 0 Å². The number of benzene rings is 1. The molecule has 0 bridgehead atoms. The van der Waals surface area contributed by atoms with Crippen LogP contribution in [0.1, 0.15) is 30.9 Å². The van der Waals surface area contributed by atoms with Gasteiger partial charge >= 0.3 is 0 Å². The molecule has 0 spiro atoms. The molecule has 1 aliphatic carbocycles. The van der Waals surface area contributed by atoms with Crippen molar-refractivity contribution in [2.75, 3.05) is 0 Å². The predicted octanol–water partition coefficient (Wildman–Crippen LogP) is 3.25.